The molecule has 0 aliphatic rings. The van der Waals surface area contributed by atoms with Gasteiger partial charge in [0.2, 0.25) is 5.78 Å². The Labute approximate surface area is 164 Å². The third-order valence-corrected chi connectivity index (χ3v) is 4.42. The van der Waals surface area contributed by atoms with Crippen LogP contribution in [0.2, 0.25) is 0 Å². The molecule has 7 nitrogen and oxygen atoms in total. The summed E-state index contributed by atoms with van der Waals surface area (Å²) in [5.41, 5.74) is 0.560. The minimum atomic E-state index is -0.703. The summed E-state index contributed by atoms with van der Waals surface area (Å²) < 4.78 is 5.73. The fourth-order valence-electron chi connectivity index (χ4n) is 3.06. The van der Waals surface area contributed by atoms with Gasteiger partial charge in [0.15, 0.2) is 5.76 Å². The van der Waals surface area contributed by atoms with Crippen molar-refractivity contribution in [1.29, 1.82) is 0 Å². The third kappa shape index (κ3) is 3.37. The van der Waals surface area contributed by atoms with Crippen molar-refractivity contribution < 1.29 is 18.9 Å². The molecule has 1 N–H and O–H groups in total. The summed E-state index contributed by atoms with van der Waals surface area (Å²) in [5, 5.41) is 14.4. The first-order valence-electron chi connectivity index (χ1n) is 8.72. The van der Waals surface area contributed by atoms with Crippen molar-refractivity contribution in [3.8, 4) is 0 Å². The number of para-hydroxylation sites is 2. The summed E-state index contributed by atoms with van der Waals surface area (Å²) in [6.07, 6.45) is 0. The minimum Gasteiger partial charge on any atom is -0.450 e. The molecule has 0 atom stereocenters. The standard InChI is InChI=1S/C22H14N2O5/c25-20(14-8-2-1-3-9-14)21-19(16-11-5-7-13-18(16)29-21)23-22(26)15-10-4-6-12-17(15)24(27)28/h1-13H,(H,23,26). The molecule has 0 saturated carbocycles. The summed E-state index contributed by atoms with van der Waals surface area (Å²) in [7, 11) is 0. The predicted molar refractivity (Wildman–Crippen MR) is 107 cm³/mol. The van der Waals surface area contributed by atoms with Gasteiger partial charge < -0.3 is 9.73 Å². The van der Waals surface area contributed by atoms with Crippen LogP contribution in [-0.4, -0.2) is 16.6 Å². The molecular weight excluding hydrogens is 372 g/mol. The Morgan fingerprint density at radius 1 is 0.862 bits per heavy atom. The lowest BCUT2D eigenvalue weighted by Gasteiger charge is -2.07. The lowest BCUT2D eigenvalue weighted by Crippen LogP contribution is -2.15. The highest BCUT2D eigenvalue weighted by molar-refractivity contribution is 6.19. The number of rotatable bonds is 5. The van der Waals surface area contributed by atoms with Crippen molar-refractivity contribution >= 4 is 34.0 Å². The number of nitro groups is 1. The lowest BCUT2D eigenvalue weighted by atomic mass is 10.1. The van der Waals surface area contributed by atoms with E-state index in [0.29, 0.717) is 16.5 Å². The number of fused-ring (bicyclic) bond motifs is 1. The molecule has 4 rings (SSSR count). The van der Waals surface area contributed by atoms with Gasteiger partial charge in [-0.05, 0) is 18.2 Å². The van der Waals surface area contributed by atoms with Crippen molar-refractivity contribution in [1.82, 2.24) is 0 Å². The Kier molecular flexibility index (Phi) is 4.62. The Bertz CT molecular complexity index is 1240. The number of furan rings is 1. The number of ketones is 1. The number of carbonyl (C=O) groups excluding carboxylic acids is 2. The maximum atomic E-state index is 13.0. The largest absolute Gasteiger partial charge is 0.450 e. The van der Waals surface area contributed by atoms with Crippen LogP contribution in [0.5, 0.6) is 0 Å². The molecule has 29 heavy (non-hydrogen) atoms. The molecule has 0 fully saturated rings. The topological polar surface area (TPSA) is 102 Å². The van der Waals surface area contributed by atoms with Crippen LogP contribution in [0.4, 0.5) is 11.4 Å². The molecule has 7 heteroatoms. The van der Waals surface area contributed by atoms with E-state index < -0.39 is 16.6 Å². The number of nitrogens with one attached hydrogen (secondary N) is 1. The number of carbonyl (C=O) groups is 2. The quantitative estimate of drug-likeness (QED) is 0.301. The highest BCUT2D eigenvalue weighted by Crippen LogP contribution is 2.33. The number of hydrogen-bond acceptors (Lipinski definition) is 5. The molecular formula is C22H14N2O5. The molecule has 1 aromatic heterocycles. The lowest BCUT2D eigenvalue weighted by molar-refractivity contribution is -0.385. The summed E-state index contributed by atoms with van der Waals surface area (Å²) in [5.74, 6) is -1.14. The van der Waals surface area contributed by atoms with Crippen molar-refractivity contribution in [3.05, 3.63) is 106 Å². The zero-order valence-electron chi connectivity index (χ0n) is 15.0. The van der Waals surface area contributed by atoms with Crippen LogP contribution in [0, 0.1) is 10.1 Å². The van der Waals surface area contributed by atoms with Gasteiger partial charge in [-0.25, -0.2) is 0 Å². The van der Waals surface area contributed by atoms with Gasteiger partial charge in [-0.1, -0.05) is 54.6 Å². The van der Waals surface area contributed by atoms with Gasteiger partial charge in [-0.3, -0.25) is 19.7 Å². The number of benzene rings is 3. The average molecular weight is 386 g/mol. The van der Waals surface area contributed by atoms with Crippen LogP contribution < -0.4 is 5.32 Å². The summed E-state index contributed by atoms with van der Waals surface area (Å²) in [4.78, 5) is 36.4. The van der Waals surface area contributed by atoms with E-state index in [4.69, 9.17) is 4.42 Å². The molecule has 1 heterocycles. The maximum Gasteiger partial charge on any atom is 0.282 e. The normalized spacial score (nSPS) is 10.6. The summed E-state index contributed by atoms with van der Waals surface area (Å²) in [6, 6.07) is 21.0. The molecule has 1 amide bonds. The second-order valence-electron chi connectivity index (χ2n) is 6.23. The van der Waals surface area contributed by atoms with E-state index in [9.17, 15) is 19.7 Å². The Morgan fingerprint density at radius 3 is 2.28 bits per heavy atom. The fraction of sp³-hybridized carbons (Fsp3) is 0. The first-order valence-corrected chi connectivity index (χ1v) is 8.72. The van der Waals surface area contributed by atoms with Gasteiger partial charge in [0.05, 0.1) is 10.6 Å². The van der Waals surface area contributed by atoms with Gasteiger partial charge in [-0.2, -0.15) is 0 Å². The van der Waals surface area contributed by atoms with Crippen LogP contribution in [-0.2, 0) is 0 Å². The molecule has 0 aliphatic heterocycles. The molecule has 0 unspecified atom stereocenters. The number of anilines is 1. The fourth-order valence-corrected chi connectivity index (χ4v) is 3.06. The number of nitro benzene ring substituents is 1. The summed E-state index contributed by atoms with van der Waals surface area (Å²) >= 11 is 0. The molecule has 0 spiro atoms. The molecule has 0 bridgehead atoms. The first-order chi connectivity index (χ1) is 14.1. The van der Waals surface area contributed by atoms with Crippen molar-refractivity contribution in [2.75, 3.05) is 5.32 Å². The Morgan fingerprint density at radius 2 is 1.52 bits per heavy atom. The van der Waals surface area contributed by atoms with Crippen LogP contribution in [0.25, 0.3) is 11.0 Å². The van der Waals surface area contributed by atoms with E-state index >= 15 is 0 Å². The number of hydrogen-bond donors (Lipinski definition) is 1. The molecule has 4 aromatic rings. The summed E-state index contributed by atoms with van der Waals surface area (Å²) in [6.45, 7) is 0. The molecule has 0 saturated heterocycles. The van der Waals surface area contributed by atoms with Crippen LogP contribution in [0.1, 0.15) is 26.5 Å². The van der Waals surface area contributed by atoms with E-state index in [0.717, 1.165) is 0 Å². The van der Waals surface area contributed by atoms with Crippen LogP contribution >= 0.6 is 0 Å². The zero-order valence-corrected chi connectivity index (χ0v) is 15.0. The van der Waals surface area contributed by atoms with Crippen molar-refractivity contribution in [2.24, 2.45) is 0 Å². The van der Waals surface area contributed by atoms with Gasteiger partial charge >= 0.3 is 0 Å². The van der Waals surface area contributed by atoms with E-state index in [1.165, 1.54) is 24.3 Å². The molecule has 3 aromatic carbocycles. The molecule has 142 valence electrons. The number of nitrogens with zero attached hydrogens (tertiary/aromatic N) is 1. The van der Waals surface area contributed by atoms with Gasteiger partial charge in [0.25, 0.3) is 11.6 Å². The van der Waals surface area contributed by atoms with Gasteiger partial charge in [0, 0.05) is 17.0 Å². The third-order valence-electron chi connectivity index (χ3n) is 4.42. The minimum absolute atomic E-state index is 0.0377. The van der Waals surface area contributed by atoms with E-state index in [1.54, 1.807) is 54.6 Å². The second-order valence-corrected chi connectivity index (χ2v) is 6.23. The predicted octanol–water partition coefficient (Wildman–Crippen LogP) is 4.82. The van der Waals surface area contributed by atoms with Gasteiger partial charge in [0.1, 0.15) is 11.1 Å². The average Bonchev–Trinajstić information content (AvgIpc) is 3.12. The van der Waals surface area contributed by atoms with E-state index in [1.807, 2.05) is 0 Å². The molecule has 0 aliphatic carbocycles. The second kappa shape index (κ2) is 7.40. The highest BCUT2D eigenvalue weighted by Gasteiger charge is 2.26. The number of amides is 1. The van der Waals surface area contributed by atoms with Crippen molar-refractivity contribution in [2.45, 2.75) is 0 Å². The van der Waals surface area contributed by atoms with Crippen LogP contribution in [0.3, 0.4) is 0 Å². The maximum absolute atomic E-state index is 13.0. The SMILES string of the molecule is O=C(Nc1c(C(=O)c2ccccc2)oc2ccccc12)c1ccccc1[N+](=O)[O-]. The Hall–Kier alpha value is -4.26. The van der Waals surface area contributed by atoms with E-state index in [-0.39, 0.29) is 22.7 Å². The van der Waals surface area contributed by atoms with Crippen molar-refractivity contribution in [3.63, 3.8) is 0 Å². The Balaban J connectivity index is 1.80. The highest BCUT2D eigenvalue weighted by atomic mass is 16.6. The van der Waals surface area contributed by atoms with E-state index in [2.05, 4.69) is 5.32 Å². The monoisotopic (exact) mass is 386 g/mol. The zero-order chi connectivity index (χ0) is 20.4. The van der Waals surface area contributed by atoms with Gasteiger partial charge in [-0.15, -0.1) is 0 Å². The van der Waals surface area contributed by atoms with Crippen LogP contribution in [0.15, 0.2) is 83.3 Å². The first kappa shape index (κ1) is 18.1. The molecule has 0 radical (unpaired) electrons. The smallest absolute Gasteiger partial charge is 0.282 e.